The van der Waals surface area contributed by atoms with Crippen LogP contribution in [0.3, 0.4) is 0 Å². The lowest BCUT2D eigenvalue weighted by molar-refractivity contribution is -0.150. The molecule has 41 heteroatoms. The third-order valence-electron chi connectivity index (χ3n) is 18.4. The van der Waals surface area contributed by atoms with Crippen LogP contribution in [0.2, 0.25) is 0 Å². The molecule has 624 valence electrons. The van der Waals surface area contributed by atoms with Gasteiger partial charge >= 0.3 is 5.97 Å². The van der Waals surface area contributed by atoms with E-state index < -0.39 is 198 Å². The minimum atomic E-state index is -1.93. The van der Waals surface area contributed by atoms with Gasteiger partial charge in [-0.15, -0.1) is 11.8 Å². The average molecular weight is 1660 g/mol. The number of benzene rings is 3. The highest BCUT2D eigenvalue weighted by Gasteiger charge is 2.44. The first kappa shape index (κ1) is 91.1. The Labute approximate surface area is 675 Å². The van der Waals surface area contributed by atoms with Crippen LogP contribution in [0, 0.1) is 11.3 Å². The highest BCUT2D eigenvalue weighted by atomic mass is 32.2. The number of carbonyl (C=O) groups excluding carboxylic acids is 14. The fourth-order valence-electron chi connectivity index (χ4n) is 12.5. The number of carboxylic acid groups (broad SMARTS) is 1. The monoisotopic (exact) mass is 1650 g/mol. The van der Waals surface area contributed by atoms with Crippen molar-refractivity contribution in [2.24, 2.45) is 23.1 Å². The number of hydrogen-bond donors (Lipinski definition) is 21. The molecule has 3 aromatic carbocycles. The highest BCUT2D eigenvalue weighted by Crippen LogP contribution is 2.27. The summed E-state index contributed by atoms with van der Waals surface area (Å²) in [6, 6.07) is 1.83. The van der Waals surface area contributed by atoms with Crippen molar-refractivity contribution in [3.8, 4) is 5.75 Å². The number of rotatable bonds is 20. The Bertz CT molecular complexity index is 4110. The van der Waals surface area contributed by atoms with Crippen molar-refractivity contribution in [2.45, 2.75) is 187 Å². The molecule has 13 unspecified atom stereocenters. The van der Waals surface area contributed by atoms with Crippen LogP contribution >= 0.6 is 35.3 Å². The maximum Gasteiger partial charge on any atom is 0.305 e. The normalized spacial score (nSPS) is 24.9. The summed E-state index contributed by atoms with van der Waals surface area (Å²) < 4.78 is 0. The molecule has 1 fully saturated rings. The van der Waals surface area contributed by atoms with E-state index in [9.17, 15) is 72.9 Å². The quantitative estimate of drug-likeness (QED) is 0.0228. The lowest BCUT2D eigenvalue weighted by atomic mass is 9.96. The Morgan fingerprint density at radius 2 is 1.18 bits per heavy atom. The smallest absolute Gasteiger partial charge is 0.305 e. The SMILES string of the molecule is CC(=O)NC1CSCc2cc3cc(c2)CSC(C(N)=O)NC(=O)C(CC(C)C)NC(=O)C(CC(=O)O)NC(=O)C(CCC(N)=O)NC(=O)C(Cc2c[nH]cn2)NCC(C)NC(=O)C(CSC3)NC(=O)C(CCCNC(=N)N)NC(=O)C(Cc2ccc(O)cc2)NC(=O)C2CCN2C(=O)C(Cc2ccccc2)NC(=O)C(CO)NC1=O. The molecule has 0 spiro atoms. The number of aliphatic carboxylic acids is 1. The van der Waals surface area contributed by atoms with Crippen molar-refractivity contribution in [3.63, 3.8) is 0 Å². The van der Waals surface area contributed by atoms with Crippen molar-refractivity contribution >= 4 is 130 Å². The minimum Gasteiger partial charge on any atom is -0.508 e. The fourth-order valence-corrected chi connectivity index (χ4v) is 15.4. The lowest BCUT2D eigenvalue weighted by Crippen LogP contribution is -2.65. The molecule has 1 saturated heterocycles. The lowest BCUT2D eigenvalue weighted by Gasteiger charge is -2.42. The molecule has 3 aliphatic heterocycles. The number of thioether (sulfide) groups is 3. The largest absolute Gasteiger partial charge is 0.508 e. The Kier molecular flexibility index (Phi) is 35.8. The van der Waals surface area contributed by atoms with Crippen LogP contribution in [0.15, 0.2) is 85.3 Å². The topological polar surface area (TPSA) is 607 Å². The van der Waals surface area contributed by atoms with E-state index in [2.05, 4.69) is 79.1 Å². The summed E-state index contributed by atoms with van der Waals surface area (Å²) in [5.41, 5.74) is 20.1. The number of hydrogen-bond acceptors (Lipinski definition) is 23. The molecule has 4 bridgehead atoms. The number of aromatic hydroxyl groups is 1. The molecule has 3 aliphatic rings. The summed E-state index contributed by atoms with van der Waals surface area (Å²) in [4.78, 5) is 221. The first-order chi connectivity index (χ1) is 54.7. The van der Waals surface area contributed by atoms with Crippen LogP contribution in [-0.2, 0) is 108 Å². The van der Waals surface area contributed by atoms with Crippen LogP contribution in [0.25, 0.3) is 0 Å². The van der Waals surface area contributed by atoms with Gasteiger partial charge in [0.25, 0.3) is 5.91 Å². The molecule has 7 rings (SSSR count). The number of guanidine groups is 1. The van der Waals surface area contributed by atoms with Crippen molar-refractivity contribution in [1.29, 1.82) is 5.41 Å². The Hall–Kier alpha value is -11.0. The maximum absolute atomic E-state index is 15.2. The van der Waals surface area contributed by atoms with Crippen molar-refractivity contribution in [1.82, 2.24) is 84.0 Å². The second kappa shape index (κ2) is 45.2. The number of phenolic OH excluding ortho intramolecular Hbond substituents is 1. The zero-order valence-corrected chi connectivity index (χ0v) is 66.4. The first-order valence-electron chi connectivity index (χ1n) is 37.2. The summed E-state index contributed by atoms with van der Waals surface area (Å²) in [5, 5.41) is 72.0. The van der Waals surface area contributed by atoms with E-state index in [1.165, 1.54) is 41.7 Å². The number of nitrogens with zero attached hydrogens (tertiary/aromatic N) is 2. The number of nitrogens with one attached hydrogen (secondary N) is 15. The third kappa shape index (κ3) is 30.0. The number of aliphatic hydroxyl groups excluding tert-OH is 1. The van der Waals surface area contributed by atoms with Crippen LogP contribution < -0.4 is 86.3 Å². The van der Waals surface area contributed by atoms with Crippen molar-refractivity contribution in [3.05, 3.63) is 119 Å². The van der Waals surface area contributed by atoms with Gasteiger partial charge in [0.2, 0.25) is 76.8 Å². The van der Waals surface area contributed by atoms with Gasteiger partial charge in [0, 0.05) is 93.2 Å². The van der Waals surface area contributed by atoms with Gasteiger partial charge in [-0.25, -0.2) is 4.98 Å². The second-order valence-corrected chi connectivity index (χ2v) is 31.6. The van der Waals surface area contributed by atoms with Gasteiger partial charge in [-0.1, -0.05) is 74.5 Å². The maximum atomic E-state index is 15.2. The minimum absolute atomic E-state index is 0.00381. The van der Waals surface area contributed by atoms with Gasteiger partial charge in [-0.3, -0.25) is 77.3 Å². The molecule has 14 amide bonds. The van der Waals surface area contributed by atoms with E-state index >= 15 is 14.4 Å². The number of aliphatic hydroxyl groups is 1. The number of carbonyl (C=O) groups is 15. The standard InChI is InChI=1S/C74H102N20O18S3/c1-38(2)21-51-67(107)93-72(61(76)101)115-34-45-23-43-22-44(24-45)33-114-36-57(69(109)83-39(3)29-81-50(27-46-30-79-37-82-46)64(104)86-49(16-17-59(75)98)63(103)88-53(28-60(99)100)66(106)87-51)92-62(102)48(11-8-19-80-74(77)78)85-65(105)52(25-42-12-14-47(97)15-13-42)89-71(111)58-18-20-94(58)73(112)54(26-41-9-6-5-7-10-41)90-68(108)55(31-95)91-70(110)56(35-113-32-43)84-40(4)96/h5-7,9-10,12-15,22-24,30,37-39,48-58,72,81,95,97H,8,11,16-21,25-29,31-36H2,1-4H3,(H2,75,98)(H2,76,101)(H,79,82)(H,83,109)(H,84,96)(H,85,105)(H,86,104)(H,87,106)(H,88,103)(H,89,111)(H,90,108)(H,91,110)(H,92,102)(H,93,107)(H,99,100)(H4,77,78,80). The van der Waals surface area contributed by atoms with E-state index in [-0.39, 0.29) is 105 Å². The summed E-state index contributed by atoms with van der Waals surface area (Å²) in [6.45, 7) is 4.94. The predicted molar refractivity (Wildman–Crippen MR) is 424 cm³/mol. The molecule has 13 atom stereocenters. The molecule has 4 heterocycles. The number of nitrogens with two attached hydrogens (primary N) is 3. The molecule has 1 aromatic heterocycles. The molecule has 0 radical (unpaired) electrons. The summed E-state index contributed by atoms with van der Waals surface area (Å²) in [5.74, 6) is -15.6. The van der Waals surface area contributed by atoms with Crippen LogP contribution in [0.5, 0.6) is 5.75 Å². The zero-order chi connectivity index (χ0) is 84.0. The summed E-state index contributed by atoms with van der Waals surface area (Å²) >= 11 is 3.15. The molecule has 24 N–H and O–H groups in total. The van der Waals surface area contributed by atoms with Crippen LogP contribution in [-0.4, -0.2) is 240 Å². The number of phenols is 1. The molecule has 0 saturated carbocycles. The van der Waals surface area contributed by atoms with E-state index in [0.29, 0.717) is 33.5 Å². The van der Waals surface area contributed by atoms with Gasteiger partial charge in [-0.05, 0) is 84.9 Å². The Morgan fingerprint density at radius 3 is 1.78 bits per heavy atom. The van der Waals surface area contributed by atoms with E-state index in [0.717, 1.165) is 42.2 Å². The number of primary amides is 2. The van der Waals surface area contributed by atoms with Crippen LogP contribution in [0.1, 0.15) is 106 Å². The average Bonchev–Trinajstić information content (AvgIpc) is 1.06. The van der Waals surface area contributed by atoms with E-state index in [1.807, 2.05) is 0 Å². The zero-order valence-electron chi connectivity index (χ0n) is 63.9. The van der Waals surface area contributed by atoms with Gasteiger partial charge < -0.3 is 112 Å². The number of H-pyrrole nitrogens is 1. The number of amides is 14. The third-order valence-corrected chi connectivity index (χ3v) is 21.8. The molecule has 38 nitrogen and oxygen atoms in total. The number of imidazole rings is 1. The molecular formula is C74H102N20O18S3. The van der Waals surface area contributed by atoms with E-state index in [4.69, 9.17) is 22.6 Å². The number of carboxylic acids is 1. The number of aromatic nitrogens is 2. The molecule has 4 aromatic rings. The molecular weight excluding hydrogens is 1550 g/mol. The predicted octanol–water partition coefficient (Wildman–Crippen LogP) is -4.01. The molecule has 115 heavy (non-hydrogen) atoms. The number of aromatic amines is 1. The van der Waals surface area contributed by atoms with Gasteiger partial charge in [0.1, 0.15) is 66.2 Å². The molecule has 0 aliphatic carbocycles. The summed E-state index contributed by atoms with van der Waals surface area (Å²) in [7, 11) is 0. The van der Waals surface area contributed by atoms with Crippen molar-refractivity contribution in [2.75, 3.05) is 37.7 Å². The second-order valence-electron chi connectivity index (χ2n) is 28.5. The summed E-state index contributed by atoms with van der Waals surface area (Å²) in [6.07, 6.45) is 0.0478. The van der Waals surface area contributed by atoms with Crippen molar-refractivity contribution < 1.29 is 87.2 Å². The van der Waals surface area contributed by atoms with Gasteiger partial charge in [0.05, 0.1) is 31.1 Å². The first-order valence-corrected chi connectivity index (χ1v) is 40.6. The number of fused-ring (bicyclic) bond motifs is 6. The van der Waals surface area contributed by atoms with E-state index in [1.54, 1.807) is 69.3 Å². The van der Waals surface area contributed by atoms with Gasteiger partial charge in [-0.2, -0.15) is 23.5 Å². The van der Waals surface area contributed by atoms with Crippen LogP contribution in [0.4, 0.5) is 0 Å². The van der Waals surface area contributed by atoms with Gasteiger partial charge in [0.15, 0.2) is 11.3 Å². The fraction of sp³-hybridized carbons (Fsp3) is 0.500. The highest BCUT2D eigenvalue weighted by molar-refractivity contribution is 7.99. The Morgan fingerprint density at radius 1 is 0.626 bits per heavy atom. The Balaban J connectivity index is 1.35.